The highest BCUT2D eigenvalue weighted by Gasteiger charge is 2.21. The summed E-state index contributed by atoms with van der Waals surface area (Å²) in [7, 11) is 0. The summed E-state index contributed by atoms with van der Waals surface area (Å²) in [5, 5.41) is 0. The van der Waals surface area contributed by atoms with Gasteiger partial charge in [-0.25, -0.2) is 4.39 Å². The fourth-order valence-electron chi connectivity index (χ4n) is 2.42. The largest absolute Gasteiger partial charge is 0.281 e. The lowest BCUT2D eigenvalue weighted by atomic mass is 10.0. The average Bonchev–Trinajstić information content (AvgIpc) is 2.89. The highest BCUT2D eigenvalue weighted by Crippen LogP contribution is 2.32. The molecule has 1 aliphatic heterocycles. The minimum Gasteiger partial charge on any atom is -0.281 e. The lowest BCUT2D eigenvalue weighted by molar-refractivity contribution is 0.624. The van der Waals surface area contributed by atoms with Gasteiger partial charge in [0.15, 0.2) is 0 Å². The van der Waals surface area contributed by atoms with Crippen LogP contribution in [-0.2, 0) is 0 Å². The molecule has 0 fully saturated rings. The van der Waals surface area contributed by atoms with Crippen molar-refractivity contribution < 1.29 is 4.39 Å². The molecule has 1 nitrogen and oxygen atoms in total. The van der Waals surface area contributed by atoms with Gasteiger partial charge in [-0.1, -0.05) is 46.3 Å². The van der Waals surface area contributed by atoms with Crippen LogP contribution in [0.1, 0.15) is 30.0 Å². The second-order valence-electron chi connectivity index (χ2n) is 4.66. The molecular weight excluding hydrogens is 305 g/mol. The quantitative estimate of drug-likeness (QED) is 0.746. The predicted octanol–water partition coefficient (Wildman–Crippen LogP) is 4.91. The highest BCUT2D eigenvalue weighted by atomic mass is 79.9. The molecule has 0 aromatic heterocycles. The Hall–Kier alpha value is -1.48. The van der Waals surface area contributed by atoms with E-state index in [2.05, 4.69) is 22.0 Å². The van der Waals surface area contributed by atoms with Crippen LogP contribution >= 0.6 is 15.9 Å². The van der Waals surface area contributed by atoms with E-state index in [0.29, 0.717) is 0 Å². The highest BCUT2D eigenvalue weighted by molar-refractivity contribution is 9.10. The van der Waals surface area contributed by atoms with Gasteiger partial charge >= 0.3 is 0 Å². The molecule has 0 N–H and O–H groups in total. The summed E-state index contributed by atoms with van der Waals surface area (Å²) in [4.78, 5) is 4.78. The SMILES string of the molecule is Fc1ccc(C2CCC(c3ccccc3Br)=N2)cc1. The molecule has 0 amide bonds. The molecule has 0 saturated carbocycles. The number of halogens is 2. The molecule has 2 aromatic carbocycles. The van der Waals surface area contributed by atoms with Gasteiger partial charge in [-0.15, -0.1) is 0 Å². The smallest absolute Gasteiger partial charge is 0.123 e. The van der Waals surface area contributed by atoms with Gasteiger partial charge in [0, 0.05) is 15.7 Å². The molecule has 1 unspecified atom stereocenters. The van der Waals surface area contributed by atoms with Crippen LogP contribution in [0, 0.1) is 5.82 Å². The summed E-state index contributed by atoms with van der Waals surface area (Å²) in [5.41, 5.74) is 3.37. The first-order chi connectivity index (χ1) is 9.24. The Morgan fingerprint density at radius 3 is 2.53 bits per heavy atom. The third-order valence-electron chi connectivity index (χ3n) is 3.41. The zero-order valence-corrected chi connectivity index (χ0v) is 11.9. The lowest BCUT2D eigenvalue weighted by Crippen LogP contribution is -1.96. The summed E-state index contributed by atoms with van der Waals surface area (Å²) in [5.74, 6) is -0.197. The second-order valence-corrected chi connectivity index (χ2v) is 5.52. The molecule has 19 heavy (non-hydrogen) atoms. The monoisotopic (exact) mass is 317 g/mol. The Labute approximate surface area is 120 Å². The first-order valence-electron chi connectivity index (χ1n) is 6.31. The van der Waals surface area contributed by atoms with Gasteiger partial charge < -0.3 is 0 Å². The van der Waals surface area contributed by atoms with Crippen molar-refractivity contribution in [1.29, 1.82) is 0 Å². The number of hydrogen-bond donors (Lipinski definition) is 0. The van der Waals surface area contributed by atoms with Crippen molar-refractivity contribution in [3.05, 3.63) is 69.9 Å². The van der Waals surface area contributed by atoms with Crippen LogP contribution in [0.3, 0.4) is 0 Å². The lowest BCUT2D eigenvalue weighted by Gasteiger charge is -2.06. The molecular formula is C16H13BrFN. The van der Waals surface area contributed by atoms with E-state index in [1.165, 1.54) is 12.1 Å². The van der Waals surface area contributed by atoms with E-state index in [-0.39, 0.29) is 11.9 Å². The molecule has 0 bridgehead atoms. The van der Waals surface area contributed by atoms with E-state index in [9.17, 15) is 4.39 Å². The molecule has 0 radical (unpaired) electrons. The van der Waals surface area contributed by atoms with E-state index in [1.807, 2.05) is 30.3 Å². The third-order valence-corrected chi connectivity index (χ3v) is 4.10. The van der Waals surface area contributed by atoms with Crippen molar-refractivity contribution >= 4 is 21.6 Å². The summed E-state index contributed by atoms with van der Waals surface area (Å²) < 4.78 is 14.0. The minimum absolute atomic E-state index is 0.155. The van der Waals surface area contributed by atoms with Crippen LogP contribution in [-0.4, -0.2) is 5.71 Å². The third kappa shape index (κ3) is 2.61. The Bertz CT molecular complexity index is 619. The molecule has 2 aromatic rings. The molecule has 1 atom stereocenters. The van der Waals surface area contributed by atoms with E-state index < -0.39 is 0 Å². The number of nitrogens with zero attached hydrogens (tertiary/aromatic N) is 1. The standard InChI is InChI=1S/C16H13BrFN/c17-14-4-2-1-3-13(14)16-10-9-15(19-16)11-5-7-12(18)8-6-11/h1-8,15H,9-10H2. The van der Waals surface area contributed by atoms with Gasteiger partial charge in [0.1, 0.15) is 5.82 Å². The normalized spacial score (nSPS) is 18.4. The fourth-order valence-corrected chi connectivity index (χ4v) is 2.93. The summed E-state index contributed by atoms with van der Waals surface area (Å²) in [6.45, 7) is 0. The average molecular weight is 318 g/mol. The molecule has 1 heterocycles. The van der Waals surface area contributed by atoms with Gasteiger partial charge in [-0.05, 0) is 36.6 Å². The number of rotatable bonds is 2. The van der Waals surface area contributed by atoms with Gasteiger partial charge in [-0.2, -0.15) is 0 Å². The first kappa shape index (κ1) is 12.5. The Morgan fingerprint density at radius 1 is 1.05 bits per heavy atom. The summed E-state index contributed by atoms with van der Waals surface area (Å²) in [6.07, 6.45) is 1.95. The van der Waals surface area contributed by atoms with Crippen molar-refractivity contribution in [2.75, 3.05) is 0 Å². The van der Waals surface area contributed by atoms with Crippen LogP contribution < -0.4 is 0 Å². The van der Waals surface area contributed by atoms with E-state index in [4.69, 9.17) is 4.99 Å². The molecule has 0 saturated heterocycles. The van der Waals surface area contributed by atoms with E-state index in [1.54, 1.807) is 0 Å². The summed E-state index contributed by atoms with van der Waals surface area (Å²) in [6, 6.07) is 14.9. The Kier molecular flexibility index (Phi) is 3.47. The molecule has 0 spiro atoms. The van der Waals surface area contributed by atoms with Crippen LogP contribution in [0.25, 0.3) is 0 Å². The van der Waals surface area contributed by atoms with Gasteiger partial charge in [-0.3, -0.25) is 4.99 Å². The number of aliphatic imine (C=N–C) groups is 1. The Morgan fingerprint density at radius 2 is 1.79 bits per heavy atom. The van der Waals surface area contributed by atoms with Crippen molar-refractivity contribution in [2.45, 2.75) is 18.9 Å². The van der Waals surface area contributed by atoms with Crippen molar-refractivity contribution in [2.24, 2.45) is 4.99 Å². The van der Waals surface area contributed by atoms with Crippen LogP contribution in [0.5, 0.6) is 0 Å². The molecule has 3 rings (SSSR count). The van der Waals surface area contributed by atoms with Crippen molar-refractivity contribution in [3.63, 3.8) is 0 Å². The maximum absolute atomic E-state index is 12.9. The fraction of sp³-hybridized carbons (Fsp3) is 0.188. The molecule has 0 aliphatic carbocycles. The van der Waals surface area contributed by atoms with E-state index in [0.717, 1.165) is 34.2 Å². The van der Waals surface area contributed by atoms with Crippen molar-refractivity contribution in [3.8, 4) is 0 Å². The topological polar surface area (TPSA) is 12.4 Å². The number of hydrogen-bond acceptors (Lipinski definition) is 1. The first-order valence-corrected chi connectivity index (χ1v) is 7.10. The maximum Gasteiger partial charge on any atom is 0.123 e. The van der Waals surface area contributed by atoms with Gasteiger partial charge in [0.05, 0.1) is 6.04 Å². The molecule has 96 valence electrons. The molecule has 1 aliphatic rings. The van der Waals surface area contributed by atoms with Crippen LogP contribution in [0.2, 0.25) is 0 Å². The van der Waals surface area contributed by atoms with Crippen LogP contribution in [0.4, 0.5) is 4.39 Å². The zero-order chi connectivity index (χ0) is 13.2. The zero-order valence-electron chi connectivity index (χ0n) is 10.3. The van der Waals surface area contributed by atoms with Gasteiger partial charge in [0.25, 0.3) is 0 Å². The summed E-state index contributed by atoms with van der Waals surface area (Å²) >= 11 is 3.56. The van der Waals surface area contributed by atoms with Gasteiger partial charge in [0.2, 0.25) is 0 Å². The predicted molar refractivity (Wildman–Crippen MR) is 79.1 cm³/mol. The molecule has 3 heteroatoms. The van der Waals surface area contributed by atoms with Crippen LogP contribution in [0.15, 0.2) is 58.0 Å². The number of benzene rings is 2. The Balaban J connectivity index is 1.89. The second kappa shape index (κ2) is 5.25. The van der Waals surface area contributed by atoms with E-state index >= 15 is 0 Å². The maximum atomic E-state index is 12.9. The van der Waals surface area contributed by atoms with Crippen molar-refractivity contribution in [1.82, 2.24) is 0 Å². The minimum atomic E-state index is -0.197.